The van der Waals surface area contributed by atoms with Crippen molar-refractivity contribution in [1.29, 1.82) is 0 Å². The maximum Gasteiger partial charge on any atom is 0.233 e. The Morgan fingerprint density at radius 1 is 0.824 bits per heavy atom. The molecule has 184 valence electrons. The van der Waals surface area contributed by atoms with Crippen LogP contribution in [0.3, 0.4) is 0 Å². The minimum Gasteiger partial charge on any atom is -0.493 e. The summed E-state index contributed by atoms with van der Waals surface area (Å²) in [6, 6.07) is 13.6. The van der Waals surface area contributed by atoms with Gasteiger partial charge in [0.2, 0.25) is 5.88 Å². The Kier molecular flexibility index (Phi) is 8.28. The molecule has 3 aromatic rings. The Labute approximate surface area is 201 Å². The molecule has 0 amide bonds. The van der Waals surface area contributed by atoms with E-state index in [9.17, 15) is 0 Å². The highest BCUT2D eigenvalue weighted by Crippen LogP contribution is 2.33. The quantitative estimate of drug-likeness (QED) is 0.420. The number of nitrogens with one attached hydrogen (secondary N) is 1. The van der Waals surface area contributed by atoms with Gasteiger partial charge in [0, 0.05) is 24.7 Å². The number of nitrogens with zero attached hydrogens (tertiary/aromatic N) is 2. The van der Waals surface area contributed by atoms with Crippen molar-refractivity contribution < 1.29 is 23.7 Å². The van der Waals surface area contributed by atoms with E-state index in [1.165, 1.54) is 5.56 Å². The molecule has 0 saturated heterocycles. The fourth-order valence-corrected chi connectivity index (χ4v) is 3.91. The standard InChI is InChI=1S/C26H35N3O5/c1-26(2,17-29(3)13-12-18-8-10-21(30-4)23(14-18)32-6)34-25-16-20(27-28-25)19-9-11-22(31-5)24(15-19)33-7/h8-11,14-16H,12-13,17H2,1-7H3,(H,27,28). The van der Waals surface area contributed by atoms with E-state index in [0.717, 1.165) is 42.3 Å². The lowest BCUT2D eigenvalue weighted by Gasteiger charge is -2.30. The molecule has 0 atom stereocenters. The Hall–Kier alpha value is -3.39. The van der Waals surface area contributed by atoms with Crippen LogP contribution >= 0.6 is 0 Å². The van der Waals surface area contributed by atoms with E-state index in [-0.39, 0.29) is 0 Å². The average Bonchev–Trinajstić information content (AvgIpc) is 3.29. The van der Waals surface area contributed by atoms with Crippen molar-refractivity contribution in [2.45, 2.75) is 25.9 Å². The Morgan fingerprint density at radius 3 is 2.09 bits per heavy atom. The summed E-state index contributed by atoms with van der Waals surface area (Å²) in [4.78, 5) is 2.25. The molecule has 0 bridgehead atoms. The average molecular weight is 470 g/mol. The van der Waals surface area contributed by atoms with E-state index in [0.29, 0.717) is 17.4 Å². The summed E-state index contributed by atoms with van der Waals surface area (Å²) in [6.45, 7) is 5.73. The number of benzene rings is 2. The van der Waals surface area contributed by atoms with Crippen LogP contribution in [-0.4, -0.2) is 69.3 Å². The first-order valence-corrected chi connectivity index (χ1v) is 11.1. The van der Waals surface area contributed by atoms with Crippen molar-refractivity contribution in [3.05, 3.63) is 48.0 Å². The van der Waals surface area contributed by atoms with Gasteiger partial charge in [0.1, 0.15) is 5.60 Å². The lowest BCUT2D eigenvalue weighted by atomic mass is 10.1. The molecule has 34 heavy (non-hydrogen) atoms. The number of ether oxygens (including phenoxy) is 5. The van der Waals surface area contributed by atoms with Gasteiger partial charge in [-0.1, -0.05) is 6.07 Å². The number of H-pyrrole nitrogens is 1. The molecule has 8 heteroatoms. The van der Waals surface area contributed by atoms with E-state index < -0.39 is 5.60 Å². The summed E-state index contributed by atoms with van der Waals surface area (Å²) in [6.07, 6.45) is 0.888. The summed E-state index contributed by atoms with van der Waals surface area (Å²) in [7, 11) is 8.62. The van der Waals surface area contributed by atoms with Crippen molar-refractivity contribution in [1.82, 2.24) is 15.1 Å². The molecule has 0 unspecified atom stereocenters. The van der Waals surface area contributed by atoms with Gasteiger partial charge in [-0.3, -0.25) is 5.10 Å². The molecular weight excluding hydrogens is 434 g/mol. The second-order valence-corrected chi connectivity index (χ2v) is 8.73. The summed E-state index contributed by atoms with van der Waals surface area (Å²) in [5, 5.41) is 7.40. The summed E-state index contributed by atoms with van der Waals surface area (Å²) >= 11 is 0. The molecule has 8 nitrogen and oxygen atoms in total. The van der Waals surface area contributed by atoms with Crippen molar-refractivity contribution in [3.63, 3.8) is 0 Å². The number of hydrogen-bond acceptors (Lipinski definition) is 7. The molecule has 3 rings (SSSR count). The van der Waals surface area contributed by atoms with E-state index in [1.54, 1.807) is 28.4 Å². The molecule has 0 aliphatic carbocycles. The third-order valence-electron chi connectivity index (χ3n) is 5.51. The molecule has 1 heterocycles. The Morgan fingerprint density at radius 2 is 1.44 bits per heavy atom. The van der Waals surface area contributed by atoms with Crippen LogP contribution < -0.4 is 23.7 Å². The highest BCUT2D eigenvalue weighted by Gasteiger charge is 2.24. The predicted molar refractivity (Wildman–Crippen MR) is 133 cm³/mol. The molecule has 0 fully saturated rings. The van der Waals surface area contributed by atoms with Gasteiger partial charge in [0.25, 0.3) is 0 Å². The molecule has 0 aliphatic rings. The first-order chi connectivity index (χ1) is 16.3. The van der Waals surface area contributed by atoms with E-state index in [4.69, 9.17) is 23.7 Å². The zero-order chi connectivity index (χ0) is 24.7. The van der Waals surface area contributed by atoms with Gasteiger partial charge < -0.3 is 28.6 Å². The molecule has 1 aromatic heterocycles. The Balaban J connectivity index is 1.58. The summed E-state index contributed by atoms with van der Waals surface area (Å²) in [5.74, 6) is 3.37. The lowest BCUT2D eigenvalue weighted by Crippen LogP contribution is -2.42. The second-order valence-electron chi connectivity index (χ2n) is 8.73. The first-order valence-electron chi connectivity index (χ1n) is 11.1. The third kappa shape index (κ3) is 6.35. The maximum absolute atomic E-state index is 6.22. The van der Waals surface area contributed by atoms with Crippen LogP contribution in [0.4, 0.5) is 0 Å². The lowest BCUT2D eigenvalue weighted by molar-refractivity contribution is 0.0648. The largest absolute Gasteiger partial charge is 0.493 e. The van der Waals surface area contributed by atoms with Gasteiger partial charge in [-0.2, -0.15) is 0 Å². The van der Waals surface area contributed by atoms with Crippen LogP contribution in [0.15, 0.2) is 42.5 Å². The zero-order valence-electron chi connectivity index (χ0n) is 21.1. The molecule has 2 aromatic carbocycles. The van der Waals surface area contributed by atoms with Gasteiger partial charge in [-0.05, 0) is 63.2 Å². The van der Waals surface area contributed by atoms with Gasteiger partial charge in [0.15, 0.2) is 23.0 Å². The van der Waals surface area contributed by atoms with Crippen molar-refractivity contribution >= 4 is 0 Å². The number of aromatic amines is 1. The maximum atomic E-state index is 6.22. The van der Waals surface area contributed by atoms with Crippen LogP contribution in [0.1, 0.15) is 19.4 Å². The summed E-state index contributed by atoms with van der Waals surface area (Å²) in [5.41, 5.74) is 2.53. The molecule has 1 N–H and O–H groups in total. The monoisotopic (exact) mass is 469 g/mol. The van der Waals surface area contributed by atoms with Crippen LogP contribution in [0, 0.1) is 0 Å². The zero-order valence-corrected chi connectivity index (χ0v) is 21.1. The fraction of sp³-hybridized carbons (Fsp3) is 0.423. The fourth-order valence-electron chi connectivity index (χ4n) is 3.91. The molecule has 0 spiro atoms. The minimum atomic E-state index is -0.434. The second kappa shape index (κ2) is 11.2. The van der Waals surface area contributed by atoms with Crippen LogP contribution in [0.2, 0.25) is 0 Å². The predicted octanol–water partition coefficient (Wildman–Crippen LogP) is 4.44. The number of hydrogen-bond donors (Lipinski definition) is 1. The molecule has 0 saturated carbocycles. The van der Waals surface area contributed by atoms with E-state index in [1.807, 2.05) is 36.4 Å². The van der Waals surface area contributed by atoms with Crippen LogP contribution in [0.25, 0.3) is 11.3 Å². The minimum absolute atomic E-state index is 0.434. The number of aromatic nitrogens is 2. The van der Waals surface area contributed by atoms with Crippen molar-refractivity contribution in [3.8, 4) is 40.1 Å². The number of rotatable bonds is 12. The van der Waals surface area contributed by atoms with E-state index in [2.05, 4.69) is 42.1 Å². The van der Waals surface area contributed by atoms with Gasteiger partial charge >= 0.3 is 0 Å². The van der Waals surface area contributed by atoms with Crippen molar-refractivity contribution in [2.24, 2.45) is 0 Å². The van der Waals surface area contributed by atoms with E-state index >= 15 is 0 Å². The molecule has 0 aliphatic heterocycles. The molecular formula is C26H35N3O5. The van der Waals surface area contributed by atoms with Gasteiger partial charge in [-0.15, -0.1) is 5.10 Å². The van der Waals surface area contributed by atoms with Gasteiger partial charge in [0.05, 0.1) is 34.1 Å². The normalized spacial score (nSPS) is 11.4. The highest BCUT2D eigenvalue weighted by atomic mass is 16.5. The first kappa shape index (κ1) is 25.2. The topological polar surface area (TPSA) is 78.1 Å². The summed E-state index contributed by atoms with van der Waals surface area (Å²) < 4.78 is 27.7. The highest BCUT2D eigenvalue weighted by molar-refractivity contribution is 5.64. The third-order valence-corrected chi connectivity index (χ3v) is 5.51. The van der Waals surface area contributed by atoms with Gasteiger partial charge in [-0.25, -0.2) is 0 Å². The Bertz CT molecular complexity index is 1080. The SMILES string of the molecule is COc1ccc(CCN(C)CC(C)(C)Oc2cc(-c3ccc(OC)c(OC)c3)[nH]n2)cc1OC. The van der Waals surface area contributed by atoms with Crippen LogP contribution in [-0.2, 0) is 6.42 Å². The van der Waals surface area contributed by atoms with Crippen molar-refractivity contribution in [2.75, 3.05) is 48.6 Å². The number of likely N-dealkylation sites (N-methyl/N-ethyl adjacent to an activating group) is 1. The molecule has 0 radical (unpaired) electrons. The number of methoxy groups -OCH3 is 4. The van der Waals surface area contributed by atoms with Crippen LogP contribution in [0.5, 0.6) is 28.9 Å². The smallest absolute Gasteiger partial charge is 0.233 e.